The Hall–Kier alpha value is -3.07. The summed E-state index contributed by atoms with van der Waals surface area (Å²) < 4.78 is 7.18. The van der Waals surface area contributed by atoms with Gasteiger partial charge in [-0.1, -0.05) is 24.9 Å². The smallest absolute Gasteiger partial charge is 0.322 e. The van der Waals surface area contributed by atoms with E-state index in [9.17, 15) is 14.4 Å². The van der Waals surface area contributed by atoms with E-state index in [1.807, 2.05) is 0 Å². The Morgan fingerprint density at radius 2 is 2.17 bits per heavy atom. The number of aryl methyl sites for hydroxylation is 1. The Balaban J connectivity index is 1.75. The number of amides is 4. The van der Waals surface area contributed by atoms with Crippen molar-refractivity contribution in [3.8, 4) is 5.75 Å². The number of imide groups is 1. The molecule has 1 saturated heterocycles. The molecule has 3 rings (SSSR count). The fourth-order valence-electron chi connectivity index (χ4n) is 3.04. The Bertz CT molecular complexity index is 944. The minimum absolute atomic E-state index is 0.195. The molecule has 0 saturated carbocycles. The monoisotopic (exact) mass is 419 g/mol. The van der Waals surface area contributed by atoms with E-state index in [1.54, 1.807) is 36.0 Å². The highest BCUT2D eigenvalue weighted by molar-refractivity contribution is 6.34. The maximum atomic E-state index is 12.7. The molecule has 9 nitrogen and oxygen atoms in total. The molecule has 0 aliphatic carbocycles. The van der Waals surface area contributed by atoms with Crippen LogP contribution in [0.25, 0.3) is 0 Å². The molecule has 29 heavy (non-hydrogen) atoms. The van der Waals surface area contributed by atoms with Crippen LogP contribution in [0.5, 0.6) is 5.75 Å². The predicted molar refractivity (Wildman–Crippen MR) is 106 cm³/mol. The molecule has 1 atom stereocenters. The number of halogens is 1. The molecule has 3 N–H and O–H groups in total. The van der Waals surface area contributed by atoms with Crippen molar-refractivity contribution in [3.05, 3.63) is 47.0 Å². The number of unbranched alkanes of at least 4 members (excludes halogenated alkanes) is 1. The minimum atomic E-state index is -1.51. The summed E-state index contributed by atoms with van der Waals surface area (Å²) in [5.74, 6) is -0.209. The average molecular weight is 420 g/mol. The second-order valence-electron chi connectivity index (χ2n) is 6.70. The van der Waals surface area contributed by atoms with Crippen molar-refractivity contribution in [2.45, 2.75) is 25.3 Å². The van der Waals surface area contributed by atoms with E-state index < -0.39 is 23.4 Å². The molecule has 2 aromatic rings. The summed E-state index contributed by atoms with van der Waals surface area (Å²) in [6, 6.07) is 4.14. The zero-order valence-electron chi connectivity index (χ0n) is 16.1. The van der Waals surface area contributed by atoms with Crippen LogP contribution in [0, 0.1) is 0 Å². The number of benzene rings is 1. The molecule has 0 radical (unpaired) electrons. The van der Waals surface area contributed by atoms with E-state index in [4.69, 9.17) is 16.3 Å². The highest BCUT2D eigenvalue weighted by Crippen LogP contribution is 2.25. The van der Waals surface area contributed by atoms with Crippen LogP contribution in [0.2, 0.25) is 5.02 Å². The predicted octanol–water partition coefficient (Wildman–Crippen LogP) is 1.72. The van der Waals surface area contributed by atoms with Crippen molar-refractivity contribution in [3.63, 3.8) is 0 Å². The van der Waals surface area contributed by atoms with Crippen molar-refractivity contribution in [2.24, 2.45) is 7.05 Å². The van der Waals surface area contributed by atoms with Gasteiger partial charge in [-0.05, 0) is 24.6 Å². The Morgan fingerprint density at radius 3 is 2.76 bits per heavy atom. The fourth-order valence-corrected chi connectivity index (χ4v) is 3.30. The molecule has 1 aromatic carbocycles. The van der Waals surface area contributed by atoms with E-state index in [1.165, 1.54) is 6.20 Å². The van der Waals surface area contributed by atoms with Gasteiger partial charge in [0.1, 0.15) is 11.6 Å². The summed E-state index contributed by atoms with van der Waals surface area (Å²) in [4.78, 5) is 41.1. The van der Waals surface area contributed by atoms with Crippen LogP contribution >= 0.6 is 11.6 Å². The van der Waals surface area contributed by atoms with Crippen molar-refractivity contribution in [2.75, 3.05) is 13.2 Å². The quantitative estimate of drug-likeness (QED) is 0.445. The van der Waals surface area contributed by atoms with E-state index in [2.05, 4.69) is 27.9 Å². The van der Waals surface area contributed by atoms with Gasteiger partial charge in [-0.25, -0.2) is 9.78 Å². The maximum absolute atomic E-state index is 12.7. The number of urea groups is 1. The number of hydrogen-bond acceptors (Lipinski definition) is 5. The molecule has 2 heterocycles. The SMILES string of the molecule is CCCCOc1ccc(C(=O)NCC2(c3nccn3C)NC(=O)NC2=O)c(Cl)c1. The second-order valence-corrected chi connectivity index (χ2v) is 7.11. The lowest BCUT2D eigenvalue weighted by Gasteiger charge is -2.25. The molecule has 154 valence electrons. The molecule has 1 aromatic heterocycles. The topological polar surface area (TPSA) is 114 Å². The molecule has 1 unspecified atom stereocenters. The average Bonchev–Trinajstić information content (AvgIpc) is 3.23. The normalized spacial score (nSPS) is 18.3. The third kappa shape index (κ3) is 4.19. The molecule has 0 bridgehead atoms. The van der Waals surface area contributed by atoms with Gasteiger partial charge >= 0.3 is 6.03 Å². The molecule has 0 spiro atoms. The van der Waals surface area contributed by atoms with Crippen LogP contribution in [0.1, 0.15) is 35.9 Å². The van der Waals surface area contributed by atoms with Gasteiger partial charge in [0.15, 0.2) is 5.54 Å². The van der Waals surface area contributed by atoms with Gasteiger partial charge in [-0.2, -0.15) is 0 Å². The third-order valence-corrected chi connectivity index (χ3v) is 4.92. The number of ether oxygens (including phenoxy) is 1. The highest BCUT2D eigenvalue weighted by Gasteiger charge is 2.50. The number of imidazole rings is 1. The zero-order valence-corrected chi connectivity index (χ0v) is 16.9. The van der Waals surface area contributed by atoms with Gasteiger partial charge < -0.3 is 19.9 Å². The van der Waals surface area contributed by atoms with E-state index in [0.717, 1.165) is 12.8 Å². The number of nitrogens with one attached hydrogen (secondary N) is 3. The molecule has 1 aliphatic heterocycles. The van der Waals surface area contributed by atoms with E-state index >= 15 is 0 Å². The molecule has 1 aliphatic rings. The van der Waals surface area contributed by atoms with Crippen LogP contribution in [-0.2, 0) is 17.4 Å². The number of rotatable bonds is 8. The maximum Gasteiger partial charge on any atom is 0.322 e. The number of nitrogens with zero attached hydrogens (tertiary/aromatic N) is 2. The molecular formula is C19H22ClN5O4. The van der Waals surface area contributed by atoms with Crippen LogP contribution in [0.4, 0.5) is 4.79 Å². The van der Waals surface area contributed by atoms with Crippen LogP contribution in [0.15, 0.2) is 30.6 Å². The Kier molecular flexibility index (Phi) is 6.07. The molecule has 4 amide bonds. The lowest BCUT2D eigenvalue weighted by Crippen LogP contribution is -2.54. The number of hydrogen-bond donors (Lipinski definition) is 3. The molecule has 1 fully saturated rings. The fraction of sp³-hybridized carbons (Fsp3) is 0.368. The van der Waals surface area contributed by atoms with Crippen LogP contribution in [-0.4, -0.2) is 40.5 Å². The molecular weight excluding hydrogens is 398 g/mol. The first kappa shape index (κ1) is 20.7. The van der Waals surface area contributed by atoms with Gasteiger partial charge in [0.05, 0.1) is 23.7 Å². The van der Waals surface area contributed by atoms with Crippen LogP contribution in [0.3, 0.4) is 0 Å². The summed E-state index contributed by atoms with van der Waals surface area (Å²) in [7, 11) is 1.69. The van der Waals surface area contributed by atoms with Crippen molar-refractivity contribution in [1.82, 2.24) is 25.5 Å². The zero-order chi connectivity index (χ0) is 21.0. The van der Waals surface area contributed by atoms with Crippen molar-refractivity contribution in [1.29, 1.82) is 0 Å². The summed E-state index contributed by atoms with van der Waals surface area (Å²) in [6.45, 7) is 2.44. The largest absolute Gasteiger partial charge is 0.494 e. The van der Waals surface area contributed by atoms with Gasteiger partial charge in [0.2, 0.25) is 0 Å². The summed E-state index contributed by atoms with van der Waals surface area (Å²) >= 11 is 6.24. The van der Waals surface area contributed by atoms with Gasteiger partial charge in [-0.3, -0.25) is 14.9 Å². The van der Waals surface area contributed by atoms with Gasteiger partial charge in [0, 0.05) is 19.4 Å². The first-order valence-corrected chi connectivity index (χ1v) is 9.57. The van der Waals surface area contributed by atoms with Crippen molar-refractivity contribution < 1.29 is 19.1 Å². The first-order valence-electron chi connectivity index (χ1n) is 9.19. The third-order valence-electron chi connectivity index (χ3n) is 4.61. The van der Waals surface area contributed by atoms with Gasteiger partial charge in [-0.15, -0.1) is 0 Å². The second kappa shape index (κ2) is 8.52. The lowest BCUT2D eigenvalue weighted by molar-refractivity contribution is -0.124. The van der Waals surface area contributed by atoms with E-state index in [-0.39, 0.29) is 17.1 Å². The Morgan fingerprint density at radius 1 is 1.38 bits per heavy atom. The van der Waals surface area contributed by atoms with Crippen LogP contribution < -0.4 is 20.7 Å². The lowest BCUT2D eigenvalue weighted by atomic mass is 9.98. The summed E-state index contributed by atoms with van der Waals surface area (Å²) in [5, 5.41) is 7.65. The van der Waals surface area contributed by atoms with Crippen molar-refractivity contribution >= 4 is 29.4 Å². The summed E-state index contributed by atoms with van der Waals surface area (Å²) in [6.07, 6.45) is 5.08. The Labute approximate surface area is 172 Å². The van der Waals surface area contributed by atoms with E-state index in [0.29, 0.717) is 18.2 Å². The highest BCUT2D eigenvalue weighted by atomic mass is 35.5. The number of carbonyl (C=O) groups is 3. The van der Waals surface area contributed by atoms with Gasteiger partial charge in [0.25, 0.3) is 11.8 Å². The molecule has 10 heteroatoms. The first-order chi connectivity index (χ1) is 13.9. The number of aromatic nitrogens is 2. The summed E-state index contributed by atoms with van der Waals surface area (Å²) in [5.41, 5.74) is -1.28. The number of carbonyl (C=O) groups excluding carboxylic acids is 3. The minimum Gasteiger partial charge on any atom is -0.494 e. The standard InChI is InChI=1S/C19H22ClN5O4/c1-3-4-9-29-12-5-6-13(14(20)10-12)15(26)22-11-19(16-21-7-8-25(16)2)17(27)23-18(28)24-19/h5-8,10H,3-4,9,11H2,1-2H3,(H,22,26)(H2,23,24,27,28).